The van der Waals surface area contributed by atoms with Crippen molar-refractivity contribution in [2.24, 2.45) is 16.6 Å². The van der Waals surface area contributed by atoms with Crippen molar-refractivity contribution >= 4 is 23.2 Å². The van der Waals surface area contributed by atoms with Gasteiger partial charge in [0.2, 0.25) is 5.96 Å². The molecule has 64 valence electrons. The summed E-state index contributed by atoms with van der Waals surface area (Å²) >= 11 is 5.66. The Hall–Kier alpha value is -1.42. The maximum atomic E-state index is 5.66. The summed E-state index contributed by atoms with van der Waals surface area (Å²) < 4.78 is 0. The fourth-order valence-corrected chi connectivity index (χ4v) is 0.780. The number of hydrazone groups is 1. The highest BCUT2D eigenvalue weighted by Gasteiger charge is 1.89. The van der Waals surface area contributed by atoms with Gasteiger partial charge in [0.25, 0.3) is 0 Å². The highest BCUT2D eigenvalue weighted by atomic mass is 35.5. The van der Waals surface area contributed by atoms with Crippen LogP contribution >= 0.6 is 11.6 Å². The summed E-state index contributed by atoms with van der Waals surface area (Å²) in [7, 11) is 0. The fraction of sp³-hybridized carbons (Fsp3) is 0. The lowest BCUT2D eigenvalue weighted by molar-refractivity contribution is 1.29. The van der Waals surface area contributed by atoms with E-state index < -0.39 is 0 Å². The molecule has 12 heavy (non-hydrogen) atoms. The van der Waals surface area contributed by atoms with E-state index in [9.17, 15) is 0 Å². The van der Waals surface area contributed by atoms with E-state index in [-0.39, 0.29) is 5.96 Å². The largest absolute Gasteiger partial charge is 0.369 e. The molecule has 0 unspecified atom stereocenters. The van der Waals surface area contributed by atoms with E-state index >= 15 is 0 Å². The molecule has 0 aliphatic rings. The van der Waals surface area contributed by atoms with Crippen LogP contribution in [0, 0.1) is 0 Å². The molecule has 1 aromatic rings. The Morgan fingerprint density at radius 3 is 2.33 bits per heavy atom. The molecule has 0 atom stereocenters. The van der Waals surface area contributed by atoms with Crippen LogP contribution in [0.25, 0.3) is 0 Å². The Morgan fingerprint density at radius 1 is 1.25 bits per heavy atom. The number of hydrogen-bond donors (Lipinski definition) is 3. The van der Waals surface area contributed by atoms with E-state index in [1.54, 1.807) is 24.3 Å². The van der Waals surface area contributed by atoms with Gasteiger partial charge in [-0.25, -0.2) is 0 Å². The summed E-state index contributed by atoms with van der Waals surface area (Å²) in [4.78, 5) is 0. The fourth-order valence-electron chi connectivity index (χ4n) is 0.654. The second-order valence-electron chi connectivity index (χ2n) is 2.16. The molecule has 0 bridgehead atoms. The first-order valence-corrected chi connectivity index (χ1v) is 3.66. The molecule has 0 saturated carbocycles. The van der Waals surface area contributed by atoms with Crippen molar-refractivity contribution in [3.05, 3.63) is 29.3 Å². The minimum atomic E-state index is -0.00931. The van der Waals surface area contributed by atoms with Gasteiger partial charge in [-0.15, -0.1) is 5.10 Å². The van der Waals surface area contributed by atoms with Gasteiger partial charge < -0.3 is 11.5 Å². The van der Waals surface area contributed by atoms with Gasteiger partial charge in [0, 0.05) is 5.02 Å². The highest BCUT2D eigenvalue weighted by molar-refractivity contribution is 6.30. The van der Waals surface area contributed by atoms with E-state index in [1.807, 2.05) is 0 Å². The van der Waals surface area contributed by atoms with Crippen LogP contribution in [0.5, 0.6) is 0 Å². The van der Waals surface area contributed by atoms with Gasteiger partial charge in [-0.2, -0.15) is 0 Å². The molecule has 0 aliphatic heterocycles. The first kappa shape index (κ1) is 8.67. The number of anilines is 1. The minimum absolute atomic E-state index is 0.00931. The molecule has 4 nitrogen and oxygen atoms in total. The Morgan fingerprint density at radius 2 is 1.83 bits per heavy atom. The van der Waals surface area contributed by atoms with Crippen molar-refractivity contribution in [3.63, 3.8) is 0 Å². The van der Waals surface area contributed by atoms with E-state index in [0.717, 1.165) is 5.69 Å². The zero-order chi connectivity index (χ0) is 8.97. The molecule has 0 saturated heterocycles. The van der Waals surface area contributed by atoms with Gasteiger partial charge >= 0.3 is 0 Å². The standard InChI is InChI=1S/C7H9ClN4/c8-5-1-3-6(4-2-5)11-12-7(9)10/h1-4,11H,(H4,9,10,12). The molecule has 5 heteroatoms. The third-order valence-corrected chi connectivity index (χ3v) is 1.41. The van der Waals surface area contributed by atoms with Crippen LogP contribution < -0.4 is 16.9 Å². The van der Waals surface area contributed by atoms with Crippen LogP contribution in [0.2, 0.25) is 5.02 Å². The van der Waals surface area contributed by atoms with Crippen LogP contribution in [0.15, 0.2) is 29.4 Å². The molecular formula is C7H9ClN4. The maximum Gasteiger partial charge on any atom is 0.208 e. The zero-order valence-corrected chi connectivity index (χ0v) is 7.05. The summed E-state index contributed by atoms with van der Waals surface area (Å²) in [5.41, 5.74) is 13.7. The predicted molar refractivity (Wildman–Crippen MR) is 50.9 cm³/mol. The number of guanidine groups is 1. The first-order chi connectivity index (χ1) is 5.68. The molecule has 0 heterocycles. The van der Waals surface area contributed by atoms with Crippen molar-refractivity contribution in [1.29, 1.82) is 0 Å². The third kappa shape index (κ3) is 2.67. The Kier molecular flexibility index (Phi) is 2.76. The number of benzene rings is 1. The van der Waals surface area contributed by atoms with E-state index in [2.05, 4.69) is 10.5 Å². The summed E-state index contributed by atoms with van der Waals surface area (Å²) in [6.45, 7) is 0. The average molecular weight is 185 g/mol. The van der Waals surface area contributed by atoms with Gasteiger partial charge in [0.1, 0.15) is 0 Å². The molecule has 0 aliphatic carbocycles. The first-order valence-electron chi connectivity index (χ1n) is 3.28. The average Bonchev–Trinajstić information content (AvgIpc) is 2.03. The molecule has 0 spiro atoms. The van der Waals surface area contributed by atoms with E-state index in [4.69, 9.17) is 23.1 Å². The van der Waals surface area contributed by atoms with Crippen molar-refractivity contribution in [2.45, 2.75) is 0 Å². The Bertz CT molecular complexity index is 276. The lowest BCUT2D eigenvalue weighted by atomic mass is 10.3. The maximum absolute atomic E-state index is 5.66. The predicted octanol–water partition coefficient (Wildman–Crippen LogP) is 0.940. The molecular weight excluding hydrogens is 176 g/mol. The van der Waals surface area contributed by atoms with Gasteiger partial charge in [-0.3, -0.25) is 5.43 Å². The van der Waals surface area contributed by atoms with Crippen molar-refractivity contribution in [2.75, 3.05) is 5.43 Å². The highest BCUT2D eigenvalue weighted by Crippen LogP contribution is 2.12. The molecule has 0 aromatic heterocycles. The number of rotatable bonds is 2. The van der Waals surface area contributed by atoms with Gasteiger partial charge in [-0.05, 0) is 24.3 Å². The van der Waals surface area contributed by atoms with E-state index in [1.165, 1.54) is 0 Å². The van der Waals surface area contributed by atoms with Crippen LogP contribution in [0.1, 0.15) is 0 Å². The molecule has 0 radical (unpaired) electrons. The van der Waals surface area contributed by atoms with Crippen LogP contribution in [-0.4, -0.2) is 5.96 Å². The normalized spacial score (nSPS) is 9.08. The molecule has 5 N–H and O–H groups in total. The molecule has 1 aromatic carbocycles. The Balaban J connectivity index is 2.65. The van der Waals surface area contributed by atoms with Gasteiger partial charge in [-0.1, -0.05) is 11.6 Å². The van der Waals surface area contributed by atoms with Gasteiger partial charge in [0.15, 0.2) is 0 Å². The summed E-state index contributed by atoms with van der Waals surface area (Å²) in [5.74, 6) is -0.00931. The number of nitrogens with one attached hydrogen (secondary N) is 1. The third-order valence-electron chi connectivity index (χ3n) is 1.16. The lowest BCUT2D eigenvalue weighted by Crippen LogP contribution is -2.23. The monoisotopic (exact) mass is 184 g/mol. The molecule has 1 rings (SSSR count). The second-order valence-corrected chi connectivity index (χ2v) is 2.59. The summed E-state index contributed by atoms with van der Waals surface area (Å²) in [6.07, 6.45) is 0. The quantitative estimate of drug-likeness (QED) is 0.364. The van der Waals surface area contributed by atoms with Crippen LogP contribution in [0.4, 0.5) is 5.69 Å². The lowest BCUT2D eigenvalue weighted by Gasteiger charge is -1.99. The van der Waals surface area contributed by atoms with Crippen LogP contribution in [-0.2, 0) is 0 Å². The zero-order valence-electron chi connectivity index (χ0n) is 6.29. The van der Waals surface area contributed by atoms with E-state index in [0.29, 0.717) is 5.02 Å². The number of nitrogens with zero attached hydrogens (tertiary/aromatic N) is 1. The molecule has 0 fully saturated rings. The smallest absolute Gasteiger partial charge is 0.208 e. The van der Waals surface area contributed by atoms with Gasteiger partial charge in [0.05, 0.1) is 5.69 Å². The molecule has 0 amide bonds. The van der Waals surface area contributed by atoms with Crippen LogP contribution in [0.3, 0.4) is 0 Å². The topological polar surface area (TPSA) is 76.4 Å². The van der Waals surface area contributed by atoms with Crippen molar-refractivity contribution in [1.82, 2.24) is 0 Å². The summed E-state index contributed by atoms with van der Waals surface area (Å²) in [5, 5.41) is 4.28. The number of halogens is 1. The number of nitrogens with two attached hydrogens (primary N) is 2. The SMILES string of the molecule is NC(N)=NNc1ccc(Cl)cc1. The second kappa shape index (κ2) is 3.82. The minimum Gasteiger partial charge on any atom is -0.369 e. The number of hydrogen-bond acceptors (Lipinski definition) is 2. The van der Waals surface area contributed by atoms with Crippen molar-refractivity contribution in [3.8, 4) is 0 Å². The van der Waals surface area contributed by atoms with Crippen molar-refractivity contribution < 1.29 is 0 Å². The Labute approximate surface area is 75.2 Å². The summed E-state index contributed by atoms with van der Waals surface area (Å²) in [6, 6.07) is 7.03.